The Hall–Kier alpha value is -1.91. The maximum absolute atomic E-state index is 12.4. The number of alkyl halides is 2. The van der Waals surface area contributed by atoms with Gasteiger partial charge < -0.3 is 9.72 Å². The second-order valence-electron chi connectivity index (χ2n) is 5.35. The van der Waals surface area contributed by atoms with E-state index in [1.807, 2.05) is 20.8 Å². The number of ether oxygens (including phenoxy) is 1. The Morgan fingerprint density at radius 2 is 1.95 bits per heavy atom. The quantitative estimate of drug-likeness (QED) is 0.905. The maximum atomic E-state index is 12.4. The van der Waals surface area contributed by atoms with Crippen molar-refractivity contribution in [2.75, 3.05) is 0 Å². The van der Waals surface area contributed by atoms with Gasteiger partial charge in [0.25, 0.3) is 0 Å². The Bertz CT molecular complexity index is 657. The molecule has 1 aromatic heterocycles. The van der Waals surface area contributed by atoms with Gasteiger partial charge in [-0.1, -0.05) is 26.8 Å². The first-order valence-corrected chi connectivity index (χ1v) is 5.90. The van der Waals surface area contributed by atoms with Crippen molar-refractivity contribution in [3.05, 3.63) is 40.2 Å². The second kappa shape index (κ2) is 4.64. The number of hydrogen-bond donors (Lipinski definition) is 1. The molecule has 0 aliphatic heterocycles. The summed E-state index contributed by atoms with van der Waals surface area (Å²) in [6, 6.07) is 6.01. The molecular formula is C14H15F2NO2. The van der Waals surface area contributed by atoms with E-state index in [4.69, 9.17) is 0 Å². The van der Waals surface area contributed by atoms with Gasteiger partial charge in [0, 0.05) is 22.6 Å². The number of nitrogens with one attached hydrogen (secondary N) is 1. The minimum Gasteiger partial charge on any atom is -0.433 e. The van der Waals surface area contributed by atoms with Crippen LogP contribution in [0.5, 0.6) is 5.75 Å². The van der Waals surface area contributed by atoms with E-state index in [1.54, 1.807) is 6.07 Å². The third-order valence-electron chi connectivity index (χ3n) is 2.85. The zero-order valence-corrected chi connectivity index (χ0v) is 11.0. The first-order valence-electron chi connectivity index (χ1n) is 5.90. The summed E-state index contributed by atoms with van der Waals surface area (Å²) in [6.07, 6.45) is 0. The molecule has 5 heteroatoms. The predicted octanol–water partition coefficient (Wildman–Crippen LogP) is 3.43. The summed E-state index contributed by atoms with van der Waals surface area (Å²) in [4.78, 5) is 15.0. The Balaban J connectivity index is 2.73. The number of para-hydroxylation sites is 1. The zero-order chi connectivity index (χ0) is 14.2. The van der Waals surface area contributed by atoms with Crippen LogP contribution in [0, 0.1) is 0 Å². The summed E-state index contributed by atoms with van der Waals surface area (Å²) < 4.78 is 29.2. The summed E-state index contributed by atoms with van der Waals surface area (Å²) in [5.74, 6) is -0.0179. The number of benzene rings is 1. The summed E-state index contributed by atoms with van der Waals surface area (Å²) >= 11 is 0. The van der Waals surface area contributed by atoms with Gasteiger partial charge in [0.1, 0.15) is 5.75 Å². The van der Waals surface area contributed by atoms with Crippen molar-refractivity contribution in [1.82, 2.24) is 4.98 Å². The number of fused-ring (bicyclic) bond motifs is 1. The van der Waals surface area contributed by atoms with Gasteiger partial charge in [-0.05, 0) is 12.1 Å². The van der Waals surface area contributed by atoms with Crippen molar-refractivity contribution in [3.63, 3.8) is 0 Å². The smallest absolute Gasteiger partial charge is 0.387 e. The maximum Gasteiger partial charge on any atom is 0.387 e. The zero-order valence-electron chi connectivity index (χ0n) is 11.0. The molecule has 2 rings (SSSR count). The number of H-pyrrole nitrogens is 1. The van der Waals surface area contributed by atoms with Crippen LogP contribution in [0.1, 0.15) is 26.5 Å². The standard InChI is InChI=1S/C14H15F2NO2/c1-14(2,3)11-7-9(18)8-5-4-6-10(12(8)17-11)19-13(15)16/h4-7,13H,1-3H3,(H,17,18). The molecular weight excluding hydrogens is 252 g/mol. The van der Waals surface area contributed by atoms with Gasteiger partial charge >= 0.3 is 6.61 Å². The number of halogens is 2. The average molecular weight is 267 g/mol. The van der Waals surface area contributed by atoms with E-state index >= 15 is 0 Å². The molecule has 1 aromatic carbocycles. The van der Waals surface area contributed by atoms with Crippen LogP contribution in [0.4, 0.5) is 8.78 Å². The number of aromatic nitrogens is 1. The molecule has 19 heavy (non-hydrogen) atoms. The van der Waals surface area contributed by atoms with Crippen molar-refractivity contribution in [3.8, 4) is 5.75 Å². The summed E-state index contributed by atoms with van der Waals surface area (Å²) in [6.45, 7) is 2.87. The van der Waals surface area contributed by atoms with Crippen LogP contribution in [0.2, 0.25) is 0 Å². The minimum absolute atomic E-state index is 0.0179. The van der Waals surface area contributed by atoms with E-state index in [0.29, 0.717) is 16.6 Å². The Morgan fingerprint density at radius 1 is 1.26 bits per heavy atom. The van der Waals surface area contributed by atoms with E-state index in [-0.39, 0.29) is 16.6 Å². The monoisotopic (exact) mass is 267 g/mol. The van der Waals surface area contributed by atoms with Crippen molar-refractivity contribution < 1.29 is 13.5 Å². The lowest BCUT2D eigenvalue weighted by Crippen LogP contribution is -2.18. The van der Waals surface area contributed by atoms with Crippen LogP contribution < -0.4 is 10.2 Å². The molecule has 0 saturated heterocycles. The minimum atomic E-state index is -2.92. The third kappa shape index (κ3) is 2.75. The molecule has 0 radical (unpaired) electrons. The first kappa shape index (κ1) is 13.5. The Labute approximate surface area is 109 Å². The lowest BCUT2D eigenvalue weighted by molar-refractivity contribution is -0.0489. The summed E-state index contributed by atoms with van der Waals surface area (Å²) in [5.41, 5.74) is 0.486. The first-order chi connectivity index (χ1) is 8.79. The van der Waals surface area contributed by atoms with Crippen molar-refractivity contribution in [2.45, 2.75) is 32.8 Å². The fourth-order valence-electron chi connectivity index (χ4n) is 1.84. The molecule has 3 nitrogen and oxygen atoms in total. The molecule has 0 unspecified atom stereocenters. The summed E-state index contributed by atoms with van der Waals surface area (Å²) in [5, 5.41) is 0.339. The van der Waals surface area contributed by atoms with Crippen molar-refractivity contribution in [2.24, 2.45) is 0 Å². The SMILES string of the molecule is CC(C)(C)c1cc(=O)c2cccc(OC(F)F)c2[nH]1. The van der Waals surface area contributed by atoms with Gasteiger partial charge in [0.2, 0.25) is 0 Å². The van der Waals surface area contributed by atoms with E-state index in [9.17, 15) is 13.6 Å². The van der Waals surface area contributed by atoms with E-state index in [0.717, 1.165) is 0 Å². The predicted molar refractivity (Wildman–Crippen MR) is 69.9 cm³/mol. The topological polar surface area (TPSA) is 42.1 Å². The summed E-state index contributed by atoms with van der Waals surface area (Å²) in [7, 11) is 0. The van der Waals surface area contributed by atoms with Crippen LogP contribution in [0.3, 0.4) is 0 Å². The van der Waals surface area contributed by atoms with Gasteiger partial charge in [-0.2, -0.15) is 8.78 Å². The number of aromatic amines is 1. The number of hydrogen-bond acceptors (Lipinski definition) is 2. The fourth-order valence-corrected chi connectivity index (χ4v) is 1.84. The largest absolute Gasteiger partial charge is 0.433 e. The molecule has 0 atom stereocenters. The van der Waals surface area contributed by atoms with Gasteiger partial charge in [-0.25, -0.2) is 0 Å². The van der Waals surface area contributed by atoms with E-state index in [1.165, 1.54) is 18.2 Å². The molecule has 0 saturated carbocycles. The van der Waals surface area contributed by atoms with Crippen LogP contribution in [-0.2, 0) is 5.41 Å². The van der Waals surface area contributed by atoms with Crippen LogP contribution in [0.15, 0.2) is 29.1 Å². The highest BCUT2D eigenvalue weighted by Gasteiger charge is 2.18. The molecule has 0 bridgehead atoms. The van der Waals surface area contributed by atoms with Gasteiger partial charge in [0.15, 0.2) is 5.43 Å². The molecule has 102 valence electrons. The third-order valence-corrected chi connectivity index (χ3v) is 2.85. The average Bonchev–Trinajstić information content (AvgIpc) is 2.28. The molecule has 0 fully saturated rings. The Kier molecular flexibility index (Phi) is 3.30. The van der Waals surface area contributed by atoms with Gasteiger partial charge in [-0.3, -0.25) is 4.79 Å². The molecule has 1 heterocycles. The normalized spacial score (nSPS) is 12.1. The molecule has 1 N–H and O–H groups in total. The van der Waals surface area contributed by atoms with E-state index < -0.39 is 6.61 Å². The number of rotatable bonds is 2. The molecule has 0 amide bonds. The van der Waals surface area contributed by atoms with Gasteiger partial charge in [0.05, 0.1) is 5.52 Å². The van der Waals surface area contributed by atoms with E-state index in [2.05, 4.69) is 9.72 Å². The van der Waals surface area contributed by atoms with Crippen LogP contribution in [0.25, 0.3) is 10.9 Å². The van der Waals surface area contributed by atoms with Crippen molar-refractivity contribution >= 4 is 10.9 Å². The van der Waals surface area contributed by atoms with Crippen LogP contribution >= 0.6 is 0 Å². The second-order valence-corrected chi connectivity index (χ2v) is 5.35. The highest BCUT2D eigenvalue weighted by Crippen LogP contribution is 2.26. The fraction of sp³-hybridized carbons (Fsp3) is 0.357. The van der Waals surface area contributed by atoms with Gasteiger partial charge in [-0.15, -0.1) is 0 Å². The Morgan fingerprint density at radius 3 is 2.53 bits per heavy atom. The highest BCUT2D eigenvalue weighted by molar-refractivity contribution is 5.84. The molecule has 0 aliphatic carbocycles. The molecule has 2 aromatic rings. The lowest BCUT2D eigenvalue weighted by Gasteiger charge is -2.19. The molecule has 0 aliphatic rings. The number of pyridine rings is 1. The molecule has 0 spiro atoms. The lowest BCUT2D eigenvalue weighted by atomic mass is 9.91. The van der Waals surface area contributed by atoms with Crippen molar-refractivity contribution in [1.29, 1.82) is 0 Å². The van der Waals surface area contributed by atoms with Crippen LogP contribution in [-0.4, -0.2) is 11.6 Å². The highest BCUT2D eigenvalue weighted by atomic mass is 19.3.